The minimum atomic E-state index is -0.318. The van der Waals surface area contributed by atoms with Crippen molar-refractivity contribution in [2.75, 3.05) is 25.0 Å². The molecular weight excluding hydrogens is 383 g/mol. The van der Waals surface area contributed by atoms with Crippen molar-refractivity contribution >= 4 is 24.0 Å². The average molecular weight is 403 g/mol. The summed E-state index contributed by atoms with van der Waals surface area (Å²) in [6, 6.07) is 15.1. The molecule has 0 radical (unpaired) electrons. The Kier molecular flexibility index (Phi) is 6.41. The molecular formula is C20H20ClFN4O2. The third-order valence-electron chi connectivity index (χ3n) is 4.38. The number of morpholine rings is 1. The minimum absolute atomic E-state index is 0. The lowest BCUT2D eigenvalue weighted by Gasteiger charge is -2.24. The highest BCUT2D eigenvalue weighted by Gasteiger charge is 2.16. The normalized spacial score (nSPS) is 16.2. The van der Waals surface area contributed by atoms with Gasteiger partial charge in [0.15, 0.2) is 5.69 Å². The monoisotopic (exact) mass is 402 g/mol. The Morgan fingerprint density at radius 1 is 1.14 bits per heavy atom. The largest absolute Gasteiger partial charge is 0.371 e. The molecule has 1 atom stereocenters. The number of benzene rings is 2. The topological polar surface area (TPSA) is 68.2 Å². The maximum atomic E-state index is 13.0. The van der Waals surface area contributed by atoms with Crippen LogP contribution in [0.4, 0.5) is 10.1 Å². The number of hydrogen-bond acceptors (Lipinski definition) is 4. The van der Waals surface area contributed by atoms with Crippen LogP contribution in [0.1, 0.15) is 22.2 Å². The smallest absolute Gasteiger partial charge is 0.276 e. The summed E-state index contributed by atoms with van der Waals surface area (Å²) in [7, 11) is 0. The van der Waals surface area contributed by atoms with Crippen molar-refractivity contribution in [2.24, 2.45) is 0 Å². The number of rotatable bonds is 4. The molecule has 1 aliphatic heterocycles. The van der Waals surface area contributed by atoms with Crippen LogP contribution in [0.3, 0.4) is 0 Å². The second-order valence-corrected chi connectivity index (χ2v) is 6.26. The molecule has 1 aliphatic rings. The van der Waals surface area contributed by atoms with Gasteiger partial charge in [-0.1, -0.05) is 12.1 Å². The van der Waals surface area contributed by atoms with E-state index >= 15 is 0 Å². The van der Waals surface area contributed by atoms with E-state index in [1.54, 1.807) is 24.4 Å². The number of carbonyl (C=O) groups excluding carboxylic acids is 1. The predicted octanol–water partition coefficient (Wildman–Crippen LogP) is 3.35. The molecule has 2 heterocycles. The predicted molar refractivity (Wildman–Crippen MR) is 107 cm³/mol. The zero-order chi connectivity index (χ0) is 18.6. The Balaban J connectivity index is 0.00000225. The lowest BCUT2D eigenvalue weighted by atomic mass is 10.1. The van der Waals surface area contributed by atoms with Crippen LogP contribution in [-0.2, 0) is 4.74 Å². The zero-order valence-corrected chi connectivity index (χ0v) is 15.8. The van der Waals surface area contributed by atoms with E-state index in [1.165, 1.54) is 16.8 Å². The highest BCUT2D eigenvalue weighted by Crippen LogP contribution is 2.21. The van der Waals surface area contributed by atoms with Gasteiger partial charge in [-0.2, -0.15) is 5.10 Å². The molecule has 0 aliphatic carbocycles. The van der Waals surface area contributed by atoms with Gasteiger partial charge in [-0.3, -0.25) is 4.79 Å². The van der Waals surface area contributed by atoms with Crippen LogP contribution in [0.2, 0.25) is 0 Å². The lowest BCUT2D eigenvalue weighted by molar-refractivity contribution is 0.0277. The van der Waals surface area contributed by atoms with E-state index in [-0.39, 0.29) is 35.9 Å². The van der Waals surface area contributed by atoms with Gasteiger partial charge in [0.05, 0.1) is 18.4 Å². The molecule has 4 rings (SSSR count). The van der Waals surface area contributed by atoms with Crippen molar-refractivity contribution in [3.8, 4) is 5.69 Å². The van der Waals surface area contributed by atoms with Crippen molar-refractivity contribution < 1.29 is 13.9 Å². The van der Waals surface area contributed by atoms with Crippen LogP contribution in [0.25, 0.3) is 5.69 Å². The van der Waals surface area contributed by atoms with Gasteiger partial charge in [-0.15, -0.1) is 12.4 Å². The van der Waals surface area contributed by atoms with Crippen molar-refractivity contribution in [2.45, 2.75) is 6.10 Å². The molecule has 6 nitrogen and oxygen atoms in total. The first-order valence-corrected chi connectivity index (χ1v) is 8.74. The zero-order valence-electron chi connectivity index (χ0n) is 15.0. The van der Waals surface area contributed by atoms with E-state index in [0.717, 1.165) is 18.7 Å². The fraction of sp³-hybridized carbons (Fsp3) is 0.200. The molecule has 0 unspecified atom stereocenters. The highest BCUT2D eigenvalue weighted by atomic mass is 35.5. The molecule has 2 aromatic carbocycles. The summed E-state index contributed by atoms with van der Waals surface area (Å²) in [6.45, 7) is 2.35. The summed E-state index contributed by atoms with van der Waals surface area (Å²) in [6.07, 6.45) is 1.70. The van der Waals surface area contributed by atoms with Crippen molar-refractivity contribution in [1.29, 1.82) is 0 Å². The summed E-state index contributed by atoms with van der Waals surface area (Å²) in [5.41, 5.74) is 2.72. The molecule has 0 saturated carbocycles. The Morgan fingerprint density at radius 3 is 2.57 bits per heavy atom. The van der Waals surface area contributed by atoms with E-state index in [1.807, 2.05) is 24.3 Å². The molecule has 3 aromatic rings. The Bertz CT molecular complexity index is 922. The number of hydrogen-bond donors (Lipinski definition) is 2. The standard InChI is InChI=1S/C20H19FN4O2.ClH/c21-15-3-7-17(8-4-15)25-11-9-18(24-25)20(26)23-16-5-1-14(2-6-16)19-13-22-10-12-27-19;/h1-9,11,19,22H,10,12-13H2,(H,23,26);1H/t19-;/m1./s1. The molecule has 0 bridgehead atoms. The highest BCUT2D eigenvalue weighted by molar-refractivity contribution is 6.02. The van der Waals surface area contributed by atoms with Crippen LogP contribution in [0, 0.1) is 5.82 Å². The number of nitrogens with one attached hydrogen (secondary N) is 2. The molecule has 146 valence electrons. The van der Waals surface area contributed by atoms with E-state index in [0.29, 0.717) is 18.0 Å². The van der Waals surface area contributed by atoms with Crippen LogP contribution >= 0.6 is 12.4 Å². The third kappa shape index (κ3) is 4.56. The minimum Gasteiger partial charge on any atom is -0.371 e. The van der Waals surface area contributed by atoms with Crippen LogP contribution in [0.5, 0.6) is 0 Å². The second kappa shape index (κ2) is 8.97. The molecule has 0 spiro atoms. The number of carbonyl (C=O) groups is 1. The molecule has 8 heteroatoms. The molecule has 28 heavy (non-hydrogen) atoms. The summed E-state index contributed by atoms with van der Waals surface area (Å²) in [4.78, 5) is 12.4. The number of anilines is 1. The Hall–Kier alpha value is -2.74. The van der Waals surface area contributed by atoms with Gasteiger partial charge in [0.1, 0.15) is 5.82 Å². The van der Waals surface area contributed by atoms with Gasteiger partial charge in [-0.05, 0) is 48.0 Å². The molecule has 1 aromatic heterocycles. The summed E-state index contributed by atoms with van der Waals surface area (Å²) in [5, 5.41) is 10.4. The first-order chi connectivity index (χ1) is 13.2. The second-order valence-electron chi connectivity index (χ2n) is 6.26. The molecule has 1 fully saturated rings. The fourth-order valence-electron chi connectivity index (χ4n) is 2.94. The van der Waals surface area contributed by atoms with Crippen LogP contribution in [0.15, 0.2) is 60.8 Å². The Morgan fingerprint density at radius 2 is 1.89 bits per heavy atom. The summed E-state index contributed by atoms with van der Waals surface area (Å²) < 4.78 is 20.3. The van der Waals surface area contributed by atoms with E-state index < -0.39 is 0 Å². The van der Waals surface area contributed by atoms with Crippen LogP contribution < -0.4 is 10.6 Å². The average Bonchev–Trinajstić information content (AvgIpc) is 3.20. The first-order valence-electron chi connectivity index (χ1n) is 8.74. The molecule has 1 amide bonds. The number of ether oxygens (including phenoxy) is 1. The molecule has 2 N–H and O–H groups in total. The van der Waals surface area contributed by atoms with Crippen LogP contribution in [-0.4, -0.2) is 35.4 Å². The van der Waals surface area contributed by atoms with Gasteiger partial charge >= 0.3 is 0 Å². The van der Waals surface area contributed by atoms with E-state index in [9.17, 15) is 9.18 Å². The first kappa shape index (κ1) is 20.0. The van der Waals surface area contributed by atoms with E-state index in [4.69, 9.17) is 4.74 Å². The maximum Gasteiger partial charge on any atom is 0.276 e. The third-order valence-corrected chi connectivity index (χ3v) is 4.38. The van der Waals surface area contributed by atoms with Gasteiger partial charge in [0.25, 0.3) is 5.91 Å². The number of amides is 1. The molecule has 1 saturated heterocycles. The number of halogens is 2. The summed E-state index contributed by atoms with van der Waals surface area (Å²) >= 11 is 0. The maximum absolute atomic E-state index is 13.0. The fourth-order valence-corrected chi connectivity index (χ4v) is 2.94. The van der Waals surface area contributed by atoms with Gasteiger partial charge < -0.3 is 15.4 Å². The SMILES string of the molecule is Cl.O=C(Nc1ccc([C@H]2CNCCO2)cc1)c1ccn(-c2ccc(F)cc2)n1. The Labute approximate surface area is 168 Å². The lowest BCUT2D eigenvalue weighted by Crippen LogP contribution is -2.33. The van der Waals surface area contributed by atoms with Crippen molar-refractivity contribution in [3.63, 3.8) is 0 Å². The number of nitrogens with zero attached hydrogens (tertiary/aromatic N) is 2. The van der Waals surface area contributed by atoms with Gasteiger partial charge in [0, 0.05) is 25.0 Å². The van der Waals surface area contributed by atoms with Crippen molar-refractivity contribution in [1.82, 2.24) is 15.1 Å². The summed E-state index contributed by atoms with van der Waals surface area (Å²) in [5.74, 6) is -0.624. The quantitative estimate of drug-likeness (QED) is 0.702. The van der Waals surface area contributed by atoms with E-state index in [2.05, 4.69) is 15.7 Å². The number of aromatic nitrogens is 2. The van der Waals surface area contributed by atoms with Crippen molar-refractivity contribution in [3.05, 3.63) is 77.9 Å². The van der Waals surface area contributed by atoms with Gasteiger partial charge in [0.2, 0.25) is 0 Å². The van der Waals surface area contributed by atoms with Gasteiger partial charge in [-0.25, -0.2) is 9.07 Å².